The third-order valence-electron chi connectivity index (χ3n) is 2.44. The molecule has 5 heteroatoms. The van der Waals surface area contributed by atoms with Gasteiger partial charge in [0.25, 0.3) is 0 Å². The van der Waals surface area contributed by atoms with E-state index < -0.39 is 0 Å². The van der Waals surface area contributed by atoms with Crippen LogP contribution in [-0.2, 0) is 12.3 Å². The standard InChI is InChI=1S/C9H15N3OS/c10-5-9-11-8(12-13-9)6-14-7-3-1-2-4-7/h7H,1-6,10H2. The van der Waals surface area contributed by atoms with Crippen LogP contribution in [0.4, 0.5) is 0 Å². The molecule has 0 unspecified atom stereocenters. The lowest BCUT2D eigenvalue weighted by molar-refractivity contribution is 0.376. The molecule has 1 fully saturated rings. The Kier molecular flexibility index (Phi) is 3.42. The molecule has 2 N–H and O–H groups in total. The highest BCUT2D eigenvalue weighted by Gasteiger charge is 2.16. The zero-order valence-electron chi connectivity index (χ0n) is 8.11. The predicted octanol–water partition coefficient (Wildman–Crippen LogP) is 1.70. The smallest absolute Gasteiger partial charge is 0.240 e. The SMILES string of the molecule is NCc1nc(CSC2CCCC2)no1. The molecule has 0 atom stereocenters. The van der Waals surface area contributed by atoms with E-state index in [0.717, 1.165) is 16.8 Å². The number of nitrogens with zero attached hydrogens (tertiary/aromatic N) is 2. The molecule has 0 aromatic carbocycles. The Hall–Kier alpha value is -0.550. The first-order chi connectivity index (χ1) is 6.88. The summed E-state index contributed by atoms with van der Waals surface area (Å²) in [5, 5.41) is 4.66. The summed E-state index contributed by atoms with van der Waals surface area (Å²) in [6, 6.07) is 0. The van der Waals surface area contributed by atoms with E-state index in [1.807, 2.05) is 11.8 Å². The van der Waals surface area contributed by atoms with Gasteiger partial charge >= 0.3 is 0 Å². The molecule has 4 nitrogen and oxygen atoms in total. The summed E-state index contributed by atoms with van der Waals surface area (Å²) in [6.45, 7) is 0.334. The van der Waals surface area contributed by atoms with Crippen molar-refractivity contribution in [1.82, 2.24) is 10.1 Å². The van der Waals surface area contributed by atoms with Gasteiger partial charge in [-0.15, -0.1) is 0 Å². The molecule has 2 rings (SSSR count). The van der Waals surface area contributed by atoms with E-state index in [2.05, 4.69) is 10.1 Å². The second-order valence-corrected chi connectivity index (χ2v) is 4.81. The minimum atomic E-state index is 0.334. The minimum absolute atomic E-state index is 0.334. The highest BCUT2D eigenvalue weighted by Crippen LogP contribution is 2.30. The minimum Gasteiger partial charge on any atom is -0.338 e. The van der Waals surface area contributed by atoms with Crippen LogP contribution in [0.5, 0.6) is 0 Å². The fourth-order valence-electron chi connectivity index (χ4n) is 1.68. The summed E-state index contributed by atoms with van der Waals surface area (Å²) in [5.41, 5.74) is 5.38. The quantitative estimate of drug-likeness (QED) is 0.824. The molecule has 1 heterocycles. The summed E-state index contributed by atoms with van der Waals surface area (Å²) in [5.74, 6) is 2.17. The molecule has 1 aliphatic rings. The summed E-state index contributed by atoms with van der Waals surface area (Å²) >= 11 is 1.94. The third-order valence-corrected chi connectivity index (χ3v) is 3.80. The highest BCUT2D eigenvalue weighted by atomic mass is 32.2. The molecule has 0 aliphatic heterocycles. The molecule has 78 valence electrons. The maximum Gasteiger partial charge on any atom is 0.240 e. The zero-order chi connectivity index (χ0) is 9.80. The topological polar surface area (TPSA) is 64.9 Å². The summed E-state index contributed by atoms with van der Waals surface area (Å²) in [4.78, 5) is 4.17. The van der Waals surface area contributed by atoms with Crippen LogP contribution in [0, 0.1) is 0 Å². The van der Waals surface area contributed by atoms with Crippen molar-refractivity contribution in [3.63, 3.8) is 0 Å². The Labute approximate surface area is 87.6 Å². The van der Waals surface area contributed by atoms with Crippen molar-refractivity contribution < 1.29 is 4.52 Å². The van der Waals surface area contributed by atoms with Crippen molar-refractivity contribution in [2.45, 2.75) is 43.2 Å². The second-order valence-electron chi connectivity index (χ2n) is 3.53. The van der Waals surface area contributed by atoms with Gasteiger partial charge in [0.05, 0.1) is 12.3 Å². The van der Waals surface area contributed by atoms with Gasteiger partial charge < -0.3 is 10.3 Å². The van der Waals surface area contributed by atoms with E-state index in [-0.39, 0.29) is 0 Å². The average Bonchev–Trinajstić information content (AvgIpc) is 2.86. The number of nitrogens with two attached hydrogens (primary N) is 1. The Balaban J connectivity index is 1.79. The highest BCUT2D eigenvalue weighted by molar-refractivity contribution is 7.99. The summed E-state index contributed by atoms with van der Waals surface area (Å²) in [6.07, 6.45) is 5.43. The molecule has 1 aliphatic carbocycles. The van der Waals surface area contributed by atoms with Crippen molar-refractivity contribution >= 4 is 11.8 Å². The van der Waals surface area contributed by atoms with Crippen molar-refractivity contribution in [1.29, 1.82) is 0 Å². The predicted molar refractivity (Wildman–Crippen MR) is 55.7 cm³/mol. The van der Waals surface area contributed by atoms with Gasteiger partial charge in [-0.3, -0.25) is 0 Å². The zero-order valence-corrected chi connectivity index (χ0v) is 8.92. The van der Waals surface area contributed by atoms with Gasteiger partial charge in [-0.2, -0.15) is 16.7 Å². The first-order valence-corrected chi connectivity index (χ1v) is 6.06. The van der Waals surface area contributed by atoms with Crippen molar-refractivity contribution in [2.75, 3.05) is 0 Å². The first-order valence-electron chi connectivity index (χ1n) is 5.01. The number of aromatic nitrogens is 2. The molecule has 1 aromatic heterocycles. The Bertz CT molecular complexity index is 283. The van der Waals surface area contributed by atoms with Crippen molar-refractivity contribution in [3.05, 3.63) is 11.7 Å². The van der Waals surface area contributed by atoms with Crippen LogP contribution in [-0.4, -0.2) is 15.4 Å². The molecule has 14 heavy (non-hydrogen) atoms. The van der Waals surface area contributed by atoms with E-state index >= 15 is 0 Å². The number of thioether (sulfide) groups is 1. The first kappa shape index (κ1) is 9.98. The van der Waals surface area contributed by atoms with Gasteiger partial charge in [0.2, 0.25) is 5.89 Å². The maximum absolute atomic E-state index is 5.38. The lowest BCUT2D eigenvalue weighted by Crippen LogP contribution is -1.98. The normalized spacial score (nSPS) is 17.8. The van der Waals surface area contributed by atoms with Crippen molar-refractivity contribution in [2.24, 2.45) is 5.73 Å². The van der Waals surface area contributed by atoms with E-state index in [1.54, 1.807) is 0 Å². The van der Waals surface area contributed by atoms with E-state index in [9.17, 15) is 0 Å². The van der Waals surface area contributed by atoms with Gasteiger partial charge in [-0.25, -0.2) is 0 Å². The molecule has 1 aromatic rings. The molecular weight excluding hydrogens is 198 g/mol. The lowest BCUT2D eigenvalue weighted by Gasteiger charge is -2.04. The fraction of sp³-hybridized carbons (Fsp3) is 0.778. The molecule has 0 saturated heterocycles. The molecule has 1 saturated carbocycles. The van der Waals surface area contributed by atoms with Crippen LogP contribution in [0.2, 0.25) is 0 Å². The van der Waals surface area contributed by atoms with Crippen LogP contribution in [0.3, 0.4) is 0 Å². The van der Waals surface area contributed by atoms with Gasteiger partial charge in [0.15, 0.2) is 5.82 Å². The molecule has 0 bridgehead atoms. The van der Waals surface area contributed by atoms with Gasteiger partial charge in [0, 0.05) is 5.25 Å². The Morgan fingerprint density at radius 2 is 2.21 bits per heavy atom. The molecule has 0 spiro atoms. The largest absolute Gasteiger partial charge is 0.338 e. The van der Waals surface area contributed by atoms with Crippen LogP contribution in [0.25, 0.3) is 0 Å². The third kappa shape index (κ3) is 2.48. The van der Waals surface area contributed by atoms with Crippen LogP contribution < -0.4 is 5.73 Å². The van der Waals surface area contributed by atoms with Gasteiger partial charge in [-0.1, -0.05) is 18.0 Å². The van der Waals surface area contributed by atoms with E-state index in [0.29, 0.717) is 12.4 Å². The Morgan fingerprint density at radius 1 is 1.43 bits per heavy atom. The monoisotopic (exact) mass is 213 g/mol. The summed E-state index contributed by atoms with van der Waals surface area (Å²) < 4.78 is 4.93. The van der Waals surface area contributed by atoms with Crippen LogP contribution in [0.1, 0.15) is 37.4 Å². The Morgan fingerprint density at radius 3 is 2.86 bits per heavy atom. The molecular formula is C9H15N3OS. The van der Waals surface area contributed by atoms with Crippen molar-refractivity contribution in [3.8, 4) is 0 Å². The number of rotatable bonds is 4. The maximum atomic E-state index is 5.38. The average molecular weight is 213 g/mol. The molecule has 0 radical (unpaired) electrons. The molecule has 0 amide bonds. The fourth-order valence-corrected chi connectivity index (χ4v) is 2.85. The summed E-state index contributed by atoms with van der Waals surface area (Å²) in [7, 11) is 0. The van der Waals surface area contributed by atoms with Crippen LogP contribution >= 0.6 is 11.8 Å². The number of hydrogen-bond acceptors (Lipinski definition) is 5. The second kappa shape index (κ2) is 4.79. The number of hydrogen-bond donors (Lipinski definition) is 1. The van der Waals surface area contributed by atoms with Crippen LogP contribution in [0.15, 0.2) is 4.52 Å². The van der Waals surface area contributed by atoms with Gasteiger partial charge in [-0.05, 0) is 12.8 Å². The van der Waals surface area contributed by atoms with E-state index in [4.69, 9.17) is 10.3 Å². The van der Waals surface area contributed by atoms with E-state index in [1.165, 1.54) is 25.7 Å². The van der Waals surface area contributed by atoms with Gasteiger partial charge in [0.1, 0.15) is 0 Å². The lowest BCUT2D eigenvalue weighted by atomic mass is 10.4.